The van der Waals surface area contributed by atoms with Crippen LogP contribution in [0.4, 0.5) is 0 Å². The van der Waals surface area contributed by atoms with Crippen LogP contribution in [0, 0.1) is 0 Å². The molecule has 3 rings (SSSR count). The van der Waals surface area contributed by atoms with Crippen molar-refractivity contribution in [3.8, 4) is 0 Å². The van der Waals surface area contributed by atoms with Crippen LogP contribution in [-0.2, 0) is 11.2 Å². The maximum absolute atomic E-state index is 12.3. The van der Waals surface area contributed by atoms with Gasteiger partial charge < -0.3 is 4.90 Å². The topological polar surface area (TPSA) is 23.6 Å². The molecule has 1 aliphatic rings. The lowest BCUT2D eigenvalue weighted by Gasteiger charge is -2.37. The summed E-state index contributed by atoms with van der Waals surface area (Å²) in [6.07, 6.45) is 0.554. The molecule has 3 nitrogen and oxygen atoms in total. The third-order valence-electron chi connectivity index (χ3n) is 4.08. The smallest absolute Gasteiger partial charge is 0.227 e. The van der Waals surface area contributed by atoms with Crippen molar-refractivity contribution in [1.29, 1.82) is 0 Å². The van der Waals surface area contributed by atoms with Gasteiger partial charge in [0.25, 0.3) is 0 Å². The largest absolute Gasteiger partial charge is 0.340 e. The number of piperazine rings is 1. The summed E-state index contributed by atoms with van der Waals surface area (Å²) in [5.74, 6) is 0.265. The van der Waals surface area contributed by atoms with Gasteiger partial charge in [-0.05, 0) is 29.8 Å². The molecule has 0 bridgehead atoms. The highest BCUT2D eigenvalue weighted by molar-refractivity contribution is 7.10. The Morgan fingerprint density at radius 1 is 1.14 bits per heavy atom. The minimum atomic E-state index is 0.265. The molecule has 1 unspecified atom stereocenters. The molecular weight excluding hydrogens is 300 g/mol. The van der Waals surface area contributed by atoms with Gasteiger partial charge in [-0.15, -0.1) is 22.7 Å². The zero-order valence-corrected chi connectivity index (χ0v) is 13.8. The molecule has 112 valence electrons. The number of nitrogens with zero attached hydrogens (tertiary/aromatic N) is 2. The number of hydrogen-bond acceptors (Lipinski definition) is 4. The SMILES string of the molecule is CC(c1cccs1)N1CCN(C(=O)Cc2cccs2)CC1. The van der Waals surface area contributed by atoms with E-state index in [1.807, 2.05) is 33.7 Å². The van der Waals surface area contributed by atoms with Gasteiger partial charge in [0.1, 0.15) is 0 Å². The lowest BCUT2D eigenvalue weighted by molar-refractivity contribution is -0.132. The quantitative estimate of drug-likeness (QED) is 0.863. The van der Waals surface area contributed by atoms with E-state index in [1.54, 1.807) is 11.3 Å². The summed E-state index contributed by atoms with van der Waals surface area (Å²) in [6, 6.07) is 8.81. The molecule has 1 aliphatic heterocycles. The summed E-state index contributed by atoms with van der Waals surface area (Å²) in [4.78, 5) is 19.3. The Labute approximate surface area is 133 Å². The molecule has 1 atom stereocenters. The van der Waals surface area contributed by atoms with Gasteiger partial charge in [-0.25, -0.2) is 0 Å². The van der Waals surface area contributed by atoms with E-state index in [4.69, 9.17) is 0 Å². The fourth-order valence-corrected chi connectivity index (χ4v) is 4.25. The average Bonchev–Trinajstić information content (AvgIpc) is 3.20. The van der Waals surface area contributed by atoms with E-state index in [-0.39, 0.29) is 5.91 Å². The molecule has 0 saturated carbocycles. The molecule has 0 aromatic carbocycles. The van der Waals surface area contributed by atoms with Crippen molar-refractivity contribution < 1.29 is 4.79 Å². The van der Waals surface area contributed by atoms with Crippen molar-refractivity contribution in [2.45, 2.75) is 19.4 Å². The molecule has 0 aliphatic carbocycles. The molecule has 2 aromatic rings. The minimum absolute atomic E-state index is 0.265. The number of carbonyl (C=O) groups excluding carboxylic acids is 1. The molecule has 1 saturated heterocycles. The standard InChI is InChI=1S/C16H20N2OS2/c1-13(15-5-3-11-21-15)17-6-8-18(9-7-17)16(19)12-14-4-2-10-20-14/h2-5,10-11,13H,6-9,12H2,1H3. The van der Waals surface area contributed by atoms with Crippen molar-refractivity contribution in [3.05, 3.63) is 44.8 Å². The van der Waals surface area contributed by atoms with Crippen molar-refractivity contribution in [2.75, 3.05) is 26.2 Å². The van der Waals surface area contributed by atoms with Gasteiger partial charge in [0, 0.05) is 42.0 Å². The van der Waals surface area contributed by atoms with Crippen molar-refractivity contribution >= 4 is 28.6 Å². The molecule has 3 heterocycles. The average molecular weight is 320 g/mol. The Hall–Kier alpha value is -1.17. The summed E-state index contributed by atoms with van der Waals surface area (Å²) in [5.41, 5.74) is 0. The summed E-state index contributed by atoms with van der Waals surface area (Å²) >= 11 is 3.48. The lowest BCUT2D eigenvalue weighted by Crippen LogP contribution is -2.49. The van der Waals surface area contributed by atoms with Gasteiger partial charge in [0.2, 0.25) is 5.91 Å². The van der Waals surface area contributed by atoms with Gasteiger partial charge in [0.15, 0.2) is 0 Å². The van der Waals surface area contributed by atoms with Crippen LogP contribution in [0.1, 0.15) is 22.7 Å². The Balaban J connectivity index is 1.52. The number of amides is 1. The maximum atomic E-state index is 12.3. The number of carbonyl (C=O) groups is 1. The van der Waals surface area contributed by atoms with E-state index in [9.17, 15) is 4.79 Å². The Kier molecular flexibility index (Phi) is 4.73. The fraction of sp³-hybridized carbons (Fsp3) is 0.438. The minimum Gasteiger partial charge on any atom is -0.340 e. The molecule has 2 aromatic heterocycles. The number of hydrogen-bond donors (Lipinski definition) is 0. The van der Waals surface area contributed by atoms with Gasteiger partial charge in [-0.2, -0.15) is 0 Å². The third kappa shape index (κ3) is 3.54. The Bertz CT molecular complexity index is 557. The molecular formula is C16H20N2OS2. The van der Waals surface area contributed by atoms with Crippen LogP contribution in [0.5, 0.6) is 0 Å². The zero-order chi connectivity index (χ0) is 14.7. The van der Waals surface area contributed by atoms with Crippen LogP contribution in [0.2, 0.25) is 0 Å². The number of thiophene rings is 2. The van der Waals surface area contributed by atoms with E-state index in [0.29, 0.717) is 12.5 Å². The predicted molar refractivity (Wildman–Crippen MR) is 88.9 cm³/mol. The molecule has 5 heteroatoms. The molecule has 0 N–H and O–H groups in total. The highest BCUT2D eigenvalue weighted by atomic mass is 32.1. The molecule has 1 fully saturated rings. The first-order chi connectivity index (χ1) is 10.2. The first-order valence-corrected chi connectivity index (χ1v) is 9.07. The van der Waals surface area contributed by atoms with Crippen LogP contribution in [-0.4, -0.2) is 41.9 Å². The monoisotopic (exact) mass is 320 g/mol. The van der Waals surface area contributed by atoms with Gasteiger partial charge in [-0.3, -0.25) is 9.69 Å². The first-order valence-electron chi connectivity index (χ1n) is 7.31. The zero-order valence-electron chi connectivity index (χ0n) is 12.2. The van der Waals surface area contributed by atoms with Crippen LogP contribution >= 0.6 is 22.7 Å². The molecule has 0 radical (unpaired) electrons. The second-order valence-corrected chi connectivity index (χ2v) is 7.38. The highest BCUT2D eigenvalue weighted by Gasteiger charge is 2.25. The van der Waals surface area contributed by atoms with Crippen molar-refractivity contribution in [1.82, 2.24) is 9.80 Å². The fourth-order valence-electron chi connectivity index (χ4n) is 2.74. The normalized spacial score (nSPS) is 17.9. The van der Waals surface area contributed by atoms with Crippen LogP contribution < -0.4 is 0 Å². The number of rotatable bonds is 4. The third-order valence-corrected chi connectivity index (χ3v) is 5.99. The second-order valence-electron chi connectivity index (χ2n) is 5.36. The van der Waals surface area contributed by atoms with Crippen molar-refractivity contribution in [2.24, 2.45) is 0 Å². The van der Waals surface area contributed by atoms with Crippen LogP contribution in [0.15, 0.2) is 35.0 Å². The van der Waals surface area contributed by atoms with E-state index < -0.39 is 0 Å². The van der Waals surface area contributed by atoms with Crippen molar-refractivity contribution in [3.63, 3.8) is 0 Å². The summed E-state index contributed by atoms with van der Waals surface area (Å²) in [6.45, 7) is 5.89. The Morgan fingerprint density at radius 3 is 2.48 bits per heavy atom. The summed E-state index contributed by atoms with van der Waals surface area (Å²) in [5, 5.41) is 4.16. The molecule has 1 amide bonds. The summed E-state index contributed by atoms with van der Waals surface area (Å²) in [7, 11) is 0. The van der Waals surface area contributed by atoms with Gasteiger partial charge >= 0.3 is 0 Å². The maximum Gasteiger partial charge on any atom is 0.227 e. The molecule has 0 spiro atoms. The Morgan fingerprint density at radius 2 is 1.86 bits per heavy atom. The van der Waals surface area contributed by atoms with E-state index >= 15 is 0 Å². The second kappa shape index (κ2) is 6.73. The van der Waals surface area contributed by atoms with E-state index in [2.05, 4.69) is 29.3 Å². The van der Waals surface area contributed by atoms with Gasteiger partial charge in [0.05, 0.1) is 6.42 Å². The van der Waals surface area contributed by atoms with Crippen LogP contribution in [0.25, 0.3) is 0 Å². The molecule has 21 heavy (non-hydrogen) atoms. The predicted octanol–water partition coefficient (Wildman–Crippen LogP) is 3.26. The van der Waals surface area contributed by atoms with E-state index in [0.717, 1.165) is 31.1 Å². The summed E-state index contributed by atoms with van der Waals surface area (Å²) < 4.78 is 0. The van der Waals surface area contributed by atoms with Crippen LogP contribution in [0.3, 0.4) is 0 Å². The lowest BCUT2D eigenvalue weighted by atomic mass is 10.2. The highest BCUT2D eigenvalue weighted by Crippen LogP contribution is 2.25. The van der Waals surface area contributed by atoms with E-state index in [1.165, 1.54) is 4.88 Å². The van der Waals surface area contributed by atoms with Gasteiger partial charge in [-0.1, -0.05) is 12.1 Å². The first kappa shape index (κ1) is 14.8.